The van der Waals surface area contributed by atoms with Crippen LogP contribution in [0.3, 0.4) is 0 Å². The number of halogens is 3. The van der Waals surface area contributed by atoms with E-state index in [0.29, 0.717) is 15.8 Å². The third-order valence-electron chi connectivity index (χ3n) is 2.42. The third kappa shape index (κ3) is 2.73. The van der Waals surface area contributed by atoms with Crippen LogP contribution in [0.4, 0.5) is 8.78 Å². The van der Waals surface area contributed by atoms with Crippen LogP contribution in [0.1, 0.15) is 17.2 Å². The summed E-state index contributed by atoms with van der Waals surface area (Å²) in [5.41, 5.74) is 1.10. The Kier molecular flexibility index (Phi) is 3.59. The summed E-state index contributed by atoms with van der Waals surface area (Å²) in [6.45, 7) is 0. The Bertz CT molecular complexity index is 525. The lowest BCUT2D eigenvalue weighted by Gasteiger charge is -2.09. The molecule has 2 aromatic rings. The predicted octanol–water partition coefficient (Wildman–Crippen LogP) is 3.60. The van der Waals surface area contributed by atoms with Gasteiger partial charge in [0.25, 0.3) is 0 Å². The molecule has 0 radical (unpaired) electrons. The highest BCUT2D eigenvalue weighted by Gasteiger charge is 2.15. The number of rotatable bonds is 3. The van der Waals surface area contributed by atoms with E-state index in [1.165, 1.54) is 12.3 Å². The van der Waals surface area contributed by atoms with Crippen molar-refractivity contribution in [1.82, 2.24) is 0 Å². The van der Waals surface area contributed by atoms with Crippen molar-refractivity contribution < 1.29 is 18.3 Å². The zero-order chi connectivity index (χ0) is 12.4. The number of hydrogen-bond donors (Lipinski definition) is 1. The fourth-order valence-corrected chi connectivity index (χ4v) is 2.05. The molecule has 2 nitrogen and oxygen atoms in total. The van der Waals surface area contributed by atoms with Crippen LogP contribution in [-0.2, 0) is 6.42 Å². The van der Waals surface area contributed by atoms with E-state index in [1.54, 1.807) is 6.07 Å². The molecule has 90 valence electrons. The molecule has 17 heavy (non-hydrogen) atoms. The second kappa shape index (κ2) is 4.98. The molecule has 0 amide bonds. The van der Waals surface area contributed by atoms with Crippen molar-refractivity contribution in [3.63, 3.8) is 0 Å². The first kappa shape index (κ1) is 12.3. The lowest BCUT2D eigenvalue weighted by molar-refractivity contribution is 0.176. The summed E-state index contributed by atoms with van der Waals surface area (Å²) >= 11 is 3.15. The highest BCUT2D eigenvalue weighted by Crippen LogP contribution is 2.27. The van der Waals surface area contributed by atoms with Crippen LogP contribution in [0.5, 0.6) is 0 Å². The second-order valence-corrected chi connectivity index (χ2v) is 4.34. The first-order chi connectivity index (χ1) is 8.08. The van der Waals surface area contributed by atoms with Crippen LogP contribution in [0.15, 0.2) is 39.6 Å². The van der Waals surface area contributed by atoms with E-state index in [4.69, 9.17) is 4.42 Å². The zero-order valence-electron chi connectivity index (χ0n) is 8.66. The number of aliphatic hydroxyl groups excluding tert-OH is 1. The minimum Gasteiger partial charge on any atom is -0.457 e. The van der Waals surface area contributed by atoms with Crippen molar-refractivity contribution in [2.24, 2.45) is 0 Å². The molecule has 5 heteroatoms. The van der Waals surface area contributed by atoms with Gasteiger partial charge in [0, 0.05) is 12.0 Å². The molecule has 0 aliphatic heterocycles. The smallest absolute Gasteiger partial charge is 0.174 e. The first-order valence-electron chi connectivity index (χ1n) is 4.93. The number of hydrogen-bond acceptors (Lipinski definition) is 2. The van der Waals surface area contributed by atoms with Crippen LogP contribution in [-0.4, -0.2) is 5.11 Å². The van der Waals surface area contributed by atoms with Gasteiger partial charge in [-0.05, 0) is 39.7 Å². The molecule has 1 atom stereocenters. The van der Waals surface area contributed by atoms with E-state index >= 15 is 0 Å². The Balaban J connectivity index is 2.16. The first-order valence-corrected chi connectivity index (χ1v) is 5.72. The lowest BCUT2D eigenvalue weighted by atomic mass is 10.0. The van der Waals surface area contributed by atoms with Gasteiger partial charge >= 0.3 is 0 Å². The number of furan rings is 1. The lowest BCUT2D eigenvalue weighted by Crippen LogP contribution is -2.02. The normalized spacial score (nSPS) is 12.7. The summed E-state index contributed by atoms with van der Waals surface area (Å²) in [6.07, 6.45) is 0.802. The van der Waals surface area contributed by atoms with Gasteiger partial charge in [-0.2, -0.15) is 0 Å². The van der Waals surface area contributed by atoms with E-state index in [0.717, 1.165) is 12.1 Å². The van der Waals surface area contributed by atoms with Crippen LogP contribution < -0.4 is 0 Å². The molecule has 0 saturated heterocycles. The summed E-state index contributed by atoms with van der Waals surface area (Å²) in [7, 11) is 0. The molecule has 1 N–H and O–H groups in total. The van der Waals surface area contributed by atoms with Gasteiger partial charge in [0.05, 0.1) is 12.4 Å². The Morgan fingerprint density at radius 1 is 1.24 bits per heavy atom. The quantitative estimate of drug-likeness (QED) is 0.940. The summed E-state index contributed by atoms with van der Waals surface area (Å²) in [5.74, 6) is -1.81. The molecule has 0 spiro atoms. The molecule has 1 aromatic heterocycles. The minimum absolute atomic E-state index is 0.190. The fourth-order valence-electron chi connectivity index (χ4n) is 1.54. The molecule has 0 bridgehead atoms. The molecule has 0 saturated carbocycles. The van der Waals surface area contributed by atoms with E-state index in [-0.39, 0.29) is 6.42 Å². The zero-order valence-corrected chi connectivity index (χ0v) is 10.2. The average molecular weight is 303 g/mol. The van der Waals surface area contributed by atoms with Crippen LogP contribution in [0.25, 0.3) is 0 Å². The molecule has 1 unspecified atom stereocenters. The van der Waals surface area contributed by atoms with Crippen LogP contribution in [0, 0.1) is 11.6 Å². The highest BCUT2D eigenvalue weighted by molar-refractivity contribution is 9.10. The molecular weight excluding hydrogens is 294 g/mol. The van der Waals surface area contributed by atoms with Gasteiger partial charge in [0.2, 0.25) is 0 Å². The van der Waals surface area contributed by atoms with Gasteiger partial charge in [0.15, 0.2) is 16.3 Å². The minimum atomic E-state index is -0.916. The molecule has 0 aliphatic carbocycles. The summed E-state index contributed by atoms with van der Waals surface area (Å²) in [6, 6.07) is 5.18. The van der Waals surface area contributed by atoms with Crippen molar-refractivity contribution in [1.29, 1.82) is 0 Å². The monoisotopic (exact) mass is 302 g/mol. The SMILES string of the molecule is OC(Cc1ccc(F)c(F)c1)c1ccoc1Br. The standard InChI is InChI=1S/C12H9BrF2O2/c13-12-8(3-4-17-12)11(16)6-7-1-2-9(14)10(15)5-7/h1-5,11,16H,6H2. The van der Waals surface area contributed by atoms with Gasteiger partial charge in [0.1, 0.15) is 0 Å². The average Bonchev–Trinajstić information content (AvgIpc) is 2.70. The molecule has 1 heterocycles. The molecule has 0 fully saturated rings. The summed E-state index contributed by atoms with van der Waals surface area (Å²) in [5, 5.41) is 9.90. The number of benzene rings is 1. The molecular formula is C12H9BrF2O2. The van der Waals surface area contributed by atoms with Crippen molar-refractivity contribution in [2.45, 2.75) is 12.5 Å². The van der Waals surface area contributed by atoms with Crippen molar-refractivity contribution >= 4 is 15.9 Å². The van der Waals surface area contributed by atoms with E-state index in [1.807, 2.05) is 0 Å². The topological polar surface area (TPSA) is 33.4 Å². The summed E-state index contributed by atoms with van der Waals surface area (Å²) in [4.78, 5) is 0. The van der Waals surface area contributed by atoms with Gasteiger partial charge in [-0.25, -0.2) is 8.78 Å². The maximum absolute atomic E-state index is 13.0. The van der Waals surface area contributed by atoms with E-state index < -0.39 is 17.7 Å². The Morgan fingerprint density at radius 3 is 2.59 bits per heavy atom. The van der Waals surface area contributed by atoms with Gasteiger partial charge < -0.3 is 9.52 Å². The van der Waals surface area contributed by atoms with Crippen LogP contribution in [0.2, 0.25) is 0 Å². The molecule has 2 rings (SSSR count). The maximum atomic E-state index is 13.0. The maximum Gasteiger partial charge on any atom is 0.174 e. The molecule has 1 aromatic carbocycles. The number of aliphatic hydroxyl groups is 1. The van der Waals surface area contributed by atoms with Crippen molar-refractivity contribution in [3.05, 3.63) is 58.0 Å². The van der Waals surface area contributed by atoms with Gasteiger partial charge in [-0.15, -0.1) is 0 Å². The van der Waals surface area contributed by atoms with E-state index in [2.05, 4.69) is 15.9 Å². The van der Waals surface area contributed by atoms with Crippen LogP contribution >= 0.6 is 15.9 Å². The highest BCUT2D eigenvalue weighted by atomic mass is 79.9. The van der Waals surface area contributed by atoms with Gasteiger partial charge in [-0.1, -0.05) is 6.07 Å². The third-order valence-corrected chi connectivity index (χ3v) is 3.06. The fraction of sp³-hybridized carbons (Fsp3) is 0.167. The largest absolute Gasteiger partial charge is 0.457 e. The summed E-state index contributed by atoms with van der Waals surface area (Å²) < 4.78 is 31.1. The van der Waals surface area contributed by atoms with E-state index in [9.17, 15) is 13.9 Å². The Hall–Kier alpha value is -1.20. The van der Waals surface area contributed by atoms with Crippen molar-refractivity contribution in [2.75, 3.05) is 0 Å². The van der Waals surface area contributed by atoms with Crippen molar-refractivity contribution in [3.8, 4) is 0 Å². The Labute approximate surface area is 105 Å². The molecule has 0 aliphatic rings. The second-order valence-electron chi connectivity index (χ2n) is 3.62. The predicted molar refractivity (Wildman–Crippen MR) is 61.4 cm³/mol. The van der Waals surface area contributed by atoms with Gasteiger partial charge in [-0.3, -0.25) is 0 Å². The Morgan fingerprint density at radius 2 is 2.00 bits per heavy atom.